The van der Waals surface area contributed by atoms with E-state index in [9.17, 15) is 13.2 Å². The fraction of sp³-hybridized carbons (Fsp3) is 0.429. The molecule has 1 unspecified atom stereocenters. The first kappa shape index (κ1) is 15.5. The number of rotatable bonds is 3. The summed E-state index contributed by atoms with van der Waals surface area (Å²) in [5, 5.41) is 11.5. The quantitative estimate of drug-likeness (QED) is 0.884. The third-order valence-corrected chi connectivity index (χ3v) is 5.20. The van der Waals surface area contributed by atoms with Gasteiger partial charge in [0.2, 0.25) is 5.91 Å². The van der Waals surface area contributed by atoms with Gasteiger partial charge in [-0.05, 0) is 31.2 Å². The van der Waals surface area contributed by atoms with Gasteiger partial charge in [0.15, 0.2) is 9.84 Å². The Labute approximate surface area is 124 Å². The lowest BCUT2D eigenvalue weighted by Crippen LogP contribution is -2.49. The number of nitrogens with one attached hydrogen (secondary N) is 1. The average Bonchev–Trinajstić information content (AvgIpc) is 2.47. The van der Waals surface area contributed by atoms with Crippen molar-refractivity contribution < 1.29 is 13.2 Å². The number of amides is 1. The SMILES string of the molecule is CC(C(=O)Nc1ccc(C#N)cc1)N1CCS(=O)(=O)CC1. The zero-order chi connectivity index (χ0) is 15.5. The molecule has 0 aromatic heterocycles. The first-order chi connectivity index (χ1) is 9.91. The summed E-state index contributed by atoms with van der Waals surface area (Å²) in [7, 11) is -2.95. The Morgan fingerprint density at radius 2 is 1.86 bits per heavy atom. The molecule has 1 amide bonds. The Bertz CT molecular complexity index is 648. The molecule has 1 aliphatic rings. The third-order valence-electron chi connectivity index (χ3n) is 3.59. The topological polar surface area (TPSA) is 90.3 Å². The van der Waals surface area contributed by atoms with Crippen LogP contribution >= 0.6 is 0 Å². The molecule has 1 fully saturated rings. The second kappa shape index (κ2) is 6.24. The van der Waals surface area contributed by atoms with E-state index in [4.69, 9.17) is 5.26 Å². The van der Waals surface area contributed by atoms with Crippen molar-refractivity contribution in [2.24, 2.45) is 0 Å². The summed E-state index contributed by atoms with van der Waals surface area (Å²) in [6.45, 7) is 2.52. The summed E-state index contributed by atoms with van der Waals surface area (Å²) in [5.41, 5.74) is 1.15. The van der Waals surface area contributed by atoms with Gasteiger partial charge < -0.3 is 5.32 Å². The maximum Gasteiger partial charge on any atom is 0.241 e. The molecule has 1 aliphatic heterocycles. The highest BCUT2D eigenvalue weighted by atomic mass is 32.2. The standard InChI is InChI=1S/C14H17N3O3S/c1-11(17-6-8-21(19,20)9-7-17)14(18)16-13-4-2-12(10-15)3-5-13/h2-5,11H,6-9H2,1H3,(H,16,18). The van der Waals surface area contributed by atoms with Crippen molar-refractivity contribution >= 4 is 21.4 Å². The number of benzene rings is 1. The van der Waals surface area contributed by atoms with Gasteiger partial charge in [0.1, 0.15) is 0 Å². The summed E-state index contributed by atoms with van der Waals surface area (Å²) < 4.78 is 22.8. The molecule has 0 spiro atoms. The molecule has 0 aliphatic carbocycles. The van der Waals surface area contributed by atoms with E-state index in [-0.39, 0.29) is 17.4 Å². The largest absolute Gasteiger partial charge is 0.325 e. The van der Waals surface area contributed by atoms with E-state index in [1.165, 1.54) is 0 Å². The van der Waals surface area contributed by atoms with Crippen LogP contribution in [-0.4, -0.2) is 49.9 Å². The van der Waals surface area contributed by atoms with E-state index < -0.39 is 15.9 Å². The van der Waals surface area contributed by atoms with Crippen molar-refractivity contribution in [2.45, 2.75) is 13.0 Å². The molecule has 0 saturated carbocycles. The number of carbonyl (C=O) groups is 1. The Kier molecular flexibility index (Phi) is 4.60. The van der Waals surface area contributed by atoms with E-state index in [0.717, 1.165) is 0 Å². The van der Waals surface area contributed by atoms with Crippen LogP contribution in [0.25, 0.3) is 0 Å². The van der Waals surface area contributed by atoms with Gasteiger partial charge in [0.25, 0.3) is 0 Å². The molecule has 1 saturated heterocycles. The van der Waals surface area contributed by atoms with E-state index in [0.29, 0.717) is 24.3 Å². The lowest BCUT2D eigenvalue weighted by Gasteiger charge is -2.31. The molecule has 112 valence electrons. The minimum atomic E-state index is -2.95. The van der Waals surface area contributed by atoms with E-state index >= 15 is 0 Å². The highest BCUT2D eigenvalue weighted by molar-refractivity contribution is 7.91. The van der Waals surface area contributed by atoms with Crippen LogP contribution in [-0.2, 0) is 14.6 Å². The van der Waals surface area contributed by atoms with Crippen molar-refractivity contribution in [3.05, 3.63) is 29.8 Å². The lowest BCUT2D eigenvalue weighted by atomic mass is 10.2. The van der Waals surface area contributed by atoms with Crippen LogP contribution in [0.15, 0.2) is 24.3 Å². The van der Waals surface area contributed by atoms with Crippen molar-refractivity contribution in [3.63, 3.8) is 0 Å². The Balaban J connectivity index is 1.95. The van der Waals surface area contributed by atoms with E-state index in [2.05, 4.69) is 5.32 Å². The van der Waals surface area contributed by atoms with E-state index in [1.807, 2.05) is 11.0 Å². The Morgan fingerprint density at radius 3 is 2.38 bits per heavy atom. The van der Waals surface area contributed by atoms with Crippen LogP contribution in [0.3, 0.4) is 0 Å². The van der Waals surface area contributed by atoms with Crippen molar-refractivity contribution in [1.29, 1.82) is 5.26 Å². The second-order valence-corrected chi connectivity index (χ2v) is 7.35. The summed E-state index contributed by atoms with van der Waals surface area (Å²) in [5.74, 6) is 0.0159. The molecule has 2 rings (SSSR count). The summed E-state index contributed by atoms with van der Waals surface area (Å²) >= 11 is 0. The molecule has 6 nitrogen and oxygen atoms in total. The van der Waals surface area contributed by atoms with Gasteiger partial charge in [0, 0.05) is 18.8 Å². The number of hydrogen-bond acceptors (Lipinski definition) is 5. The molecule has 0 radical (unpaired) electrons. The fourth-order valence-corrected chi connectivity index (χ4v) is 3.38. The summed E-state index contributed by atoms with van der Waals surface area (Å²) in [6.07, 6.45) is 0. The van der Waals surface area contributed by atoms with E-state index in [1.54, 1.807) is 31.2 Å². The van der Waals surface area contributed by atoms with Gasteiger partial charge in [-0.25, -0.2) is 8.42 Å². The number of sulfone groups is 1. The molecular formula is C14H17N3O3S. The zero-order valence-electron chi connectivity index (χ0n) is 11.7. The predicted molar refractivity (Wildman–Crippen MR) is 79.5 cm³/mol. The van der Waals surface area contributed by atoms with Gasteiger partial charge in [0.05, 0.1) is 29.2 Å². The molecule has 1 N–H and O–H groups in total. The smallest absolute Gasteiger partial charge is 0.241 e. The third kappa shape index (κ3) is 4.03. The van der Waals surface area contributed by atoms with Crippen LogP contribution in [0.4, 0.5) is 5.69 Å². The summed E-state index contributed by atoms with van der Waals surface area (Å²) in [4.78, 5) is 14.0. The highest BCUT2D eigenvalue weighted by Crippen LogP contribution is 2.12. The van der Waals surface area contributed by atoms with Crippen molar-refractivity contribution in [1.82, 2.24) is 4.90 Å². The lowest BCUT2D eigenvalue weighted by molar-refractivity contribution is -0.120. The maximum atomic E-state index is 12.2. The normalized spacial score (nSPS) is 19.4. The zero-order valence-corrected chi connectivity index (χ0v) is 12.6. The molecular weight excluding hydrogens is 290 g/mol. The predicted octanol–water partition coefficient (Wildman–Crippen LogP) is 0.616. The number of anilines is 1. The molecule has 1 aromatic rings. The Hall–Kier alpha value is -1.91. The van der Waals surface area contributed by atoms with Gasteiger partial charge >= 0.3 is 0 Å². The van der Waals surface area contributed by atoms with Crippen LogP contribution in [0, 0.1) is 11.3 Å². The minimum Gasteiger partial charge on any atom is -0.325 e. The number of nitriles is 1. The number of nitrogens with zero attached hydrogens (tertiary/aromatic N) is 2. The van der Waals surface area contributed by atoms with Gasteiger partial charge in [-0.15, -0.1) is 0 Å². The highest BCUT2D eigenvalue weighted by Gasteiger charge is 2.28. The molecule has 1 atom stereocenters. The van der Waals surface area contributed by atoms with Crippen LogP contribution in [0.1, 0.15) is 12.5 Å². The summed E-state index contributed by atoms with van der Waals surface area (Å²) in [6, 6.07) is 8.23. The van der Waals surface area contributed by atoms with Crippen LogP contribution < -0.4 is 5.32 Å². The first-order valence-corrected chi connectivity index (χ1v) is 8.49. The maximum absolute atomic E-state index is 12.2. The average molecular weight is 307 g/mol. The molecule has 0 bridgehead atoms. The number of hydrogen-bond donors (Lipinski definition) is 1. The molecule has 7 heteroatoms. The first-order valence-electron chi connectivity index (χ1n) is 6.67. The molecule has 21 heavy (non-hydrogen) atoms. The fourth-order valence-electron chi connectivity index (χ4n) is 2.15. The minimum absolute atomic E-state index is 0.0987. The number of carbonyl (C=O) groups excluding carboxylic acids is 1. The molecule has 1 aromatic carbocycles. The Morgan fingerprint density at radius 1 is 1.29 bits per heavy atom. The van der Waals surface area contributed by atoms with Gasteiger partial charge in [-0.1, -0.05) is 0 Å². The van der Waals surface area contributed by atoms with Crippen molar-refractivity contribution in [3.8, 4) is 6.07 Å². The van der Waals surface area contributed by atoms with Gasteiger partial charge in [-0.2, -0.15) is 5.26 Å². The van der Waals surface area contributed by atoms with Gasteiger partial charge in [-0.3, -0.25) is 9.69 Å². The van der Waals surface area contributed by atoms with Crippen LogP contribution in [0.5, 0.6) is 0 Å². The van der Waals surface area contributed by atoms with Crippen LogP contribution in [0.2, 0.25) is 0 Å². The van der Waals surface area contributed by atoms with Crippen molar-refractivity contribution in [2.75, 3.05) is 29.9 Å². The molecule has 1 heterocycles. The second-order valence-electron chi connectivity index (χ2n) is 5.04. The monoisotopic (exact) mass is 307 g/mol.